The molecule has 2 rings (SSSR count). The fraction of sp³-hybridized carbons (Fsp3) is 0.533. The van der Waals surface area contributed by atoms with Crippen molar-refractivity contribution in [2.45, 2.75) is 25.7 Å². The number of hydrogen-bond acceptors (Lipinski definition) is 4. The summed E-state index contributed by atoms with van der Waals surface area (Å²) < 4.78 is 10.5. The van der Waals surface area contributed by atoms with Gasteiger partial charge in [0.15, 0.2) is 0 Å². The van der Waals surface area contributed by atoms with E-state index in [0.29, 0.717) is 25.3 Å². The lowest BCUT2D eigenvalue weighted by Crippen LogP contribution is -2.52. The zero-order chi connectivity index (χ0) is 14.5. The van der Waals surface area contributed by atoms with Crippen LogP contribution in [0.1, 0.15) is 22.8 Å². The highest BCUT2D eigenvalue weighted by Crippen LogP contribution is 2.16. The molecule has 1 aromatic carbocycles. The molecule has 0 spiro atoms. The first-order chi connectivity index (χ1) is 9.65. The summed E-state index contributed by atoms with van der Waals surface area (Å²) in [5.41, 5.74) is 1.68. The lowest BCUT2D eigenvalue weighted by Gasteiger charge is -2.37. The first-order valence-electron chi connectivity index (χ1n) is 6.77. The van der Waals surface area contributed by atoms with Gasteiger partial charge < -0.3 is 19.5 Å². The number of hydrogen-bond donors (Lipinski definition) is 1. The molecule has 20 heavy (non-hydrogen) atoms. The van der Waals surface area contributed by atoms with E-state index in [4.69, 9.17) is 14.6 Å². The number of amides is 1. The second kappa shape index (κ2) is 6.83. The molecule has 0 radical (unpaired) electrons. The van der Waals surface area contributed by atoms with Gasteiger partial charge in [-0.2, -0.15) is 0 Å². The van der Waals surface area contributed by atoms with Crippen LogP contribution >= 0.6 is 0 Å². The molecule has 2 atom stereocenters. The van der Waals surface area contributed by atoms with Gasteiger partial charge in [-0.05, 0) is 24.6 Å². The van der Waals surface area contributed by atoms with Gasteiger partial charge >= 0.3 is 0 Å². The minimum absolute atomic E-state index is 0.0175. The number of aliphatic hydroxyl groups is 1. The van der Waals surface area contributed by atoms with Crippen LogP contribution in [0.15, 0.2) is 24.3 Å². The molecule has 5 heteroatoms. The lowest BCUT2D eigenvalue weighted by molar-refractivity contribution is -0.0667. The van der Waals surface area contributed by atoms with Gasteiger partial charge in [-0.15, -0.1) is 0 Å². The van der Waals surface area contributed by atoms with E-state index >= 15 is 0 Å². The van der Waals surface area contributed by atoms with Crippen LogP contribution in [0.4, 0.5) is 0 Å². The van der Waals surface area contributed by atoms with Crippen molar-refractivity contribution < 1.29 is 19.4 Å². The number of ether oxygens (including phenoxy) is 2. The average Bonchev–Trinajstić information content (AvgIpc) is 2.48. The third-order valence-electron chi connectivity index (χ3n) is 3.48. The molecule has 0 aliphatic carbocycles. The number of methoxy groups -OCH3 is 1. The second-order valence-electron chi connectivity index (χ2n) is 5.07. The largest absolute Gasteiger partial charge is 0.394 e. The predicted octanol–water partition coefficient (Wildman–Crippen LogP) is 1.05. The number of aliphatic hydroxyl groups excluding tert-OH is 1. The maximum absolute atomic E-state index is 12.5. The molecule has 2 unspecified atom stereocenters. The van der Waals surface area contributed by atoms with Crippen LogP contribution in [0, 0.1) is 0 Å². The highest BCUT2D eigenvalue weighted by atomic mass is 16.5. The number of benzene rings is 1. The molecular formula is C15H21NO4. The summed E-state index contributed by atoms with van der Waals surface area (Å²) >= 11 is 0. The molecule has 5 nitrogen and oxygen atoms in total. The van der Waals surface area contributed by atoms with Crippen molar-refractivity contribution in [1.82, 2.24) is 4.90 Å². The topological polar surface area (TPSA) is 59.0 Å². The predicted molar refractivity (Wildman–Crippen MR) is 74.5 cm³/mol. The minimum Gasteiger partial charge on any atom is -0.394 e. The Morgan fingerprint density at radius 3 is 2.75 bits per heavy atom. The molecule has 1 aliphatic rings. The molecule has 0 aromatic heterocycles. The number of rotatable bonds is 4. The van der Waals surface area contributed by atoms with Crippen molar-refractivity contribution in [3.8, 4) is 0 Å². The van der Waals surface area contributed by atoms with Crippen molar-refractivity contribution in [1.29, 1.82) is 0 Å². The Balaban J connectivity index is 2.08. The van der Waals surface area contributed by atoms with Crippen LogP contribution in [-0.4, -0.2) is 54.9 Å². The first-order valence-corrected chi connectivity index (χ1v) is 6.77. The van der Waals surface area contributed by atoms with Crippen molar-refractivity contribution in [3.05, 3.63) is 35.4 Å². The van der Waals surface area contributed by atoms with E-state index in [2.05, 4.69) is 0 Å². The maximum Gasteiger partial charge on any atom is 0.254 e. The van der Waals surface area contributed by atoms with Crippen molar-refractivity contribution in [2.75, 3.05) is 26.9 Å². The third kappa shape index (κ3) is 3.36. The van der Waals surface area contributed by atoms with Gasteiger partial charge in [-0.1, -0.05) is 12.1 Å². The van der Waals surface area contributed by atoms with Gasteiger partial charge in [0, 0.05) is 19.2 Å². The van der Waals surface area contributed by atoms with Crippen LogP contribution in [0.5, 0.6) is 0 Å². The molecular weight excluding hydrogens is 258 g/mol. The number of carbonyl (C=O) groups excluding carboxylic acids is 1. The number of nitrogens with zero attached hydrogens (tertiary/aromatic N) is 1. The van der Waals surface area contributed by atoms with Gasteiger partial charge in [0.1, 0.15) is 0 Å². The van der Waals surface area contributed by atoms with Gasteiger partial charge in [0.2, 0.25) is 0 Å². The van der Waals surface area contributed by atoms with Crippen molar-refractivity contribution >= 4 is 5.91 Å². The normalized spacial score (nSPS) is 22.9. The smallest absolute Gasteiger partial charge is 0.254 e. The number of carbonyl (C=O) groups is 1. The zero-order valence-corrected chi connectivity index (χ0v) is 11.9. The van der Waals surface area contributed by atoms with Crippen LogP contribution in [-0.2, 0) is 16.1 Å². The van der Waals surface area contributed by atoms with Crippen molar-refractivity contribution in [2.24, 2.45) is 0 Å². The zero-order valence-electron chi connectivity index (χ0n) is 11.9. The van der Waals surface area contributed by atoms with E-state index in [1.54, 1.807) is 12.0 Å². The first kappa shape index (κ1) is 15.0. The molecule has 1 amide bonds. The summed E-state index contributed by atoms with van der Waals surface area (Å²) in [5.74, 6) is -0.0248. The van der Waals surface area contributed by atoms with Gasteiger partial charge in [0.05, 0.1) is 32.0 Å². The van der Waals surface area contributed by atoms with E-state index in [0.717, 1.165) is 5.56 Å². The average molecular weight is 279 g/mol. The Morgan fingerprint density at radius 1 is 1.45 bits per heavy atom. The molecule has 0 bridgehead atoms. The third-order valence-corrected chi connectivity index (χ3v) is 3.48. The van der Waals surface area contributed by atoms with E-state index < -0.39 is 0 Å². The lowest BCUT2D eigenvalue weighted by atomic mass is 10.1. The van der Waals surface area contributed by atoms with Crippen molar-refractivity contribution in [3.63, 3.8) is 0 Å². The molecule has 110 valence electrons. The fourth-order valence-corrected chi connectivity index (χ4v) is 2.29. The molecule has 1 aliphatic heterocycles. The van der Waals surface area contributed by atoms with Gasteiger partial charge in [0.25, 0.3) is 5.91 Å². The molecule has 1 heterocycles. The molecule has 1 N–H and O–H groups in total. The van der Waals surface area contributed by atoms with Gasteiger partial charge in [-0.3, -0.25) is 4.79 Å². The highest BCUT2D eigenvalue weighted by molar-refractivity contribution is 5.94. The molecule has 1 saturated heterocycles. The number of morpholine rings is 1. The van der Waals surface area contributed by atoms with Crippen LogP contribution in [0.3, 0.4) is 0 Å². The Bertz CT molecular complexity index is 446. The monoisotopic (exact) mass is 279 g/mol. The van der Waals surface area contributed by atoms with E-state index in [9.17, 15) is 4.79 Å². The van der Waals surface area contributed by atoms with E-state index in [1.165, 1.54) is 0 Å². The van der Waals surface area contributed by atoms with Gasteiger partial charge in [-0.25, -0.2) is 0 Å². The van der Waals surface area contributed by atoms with Crippen LogP contribution in [0.25, 0.3) is 0 Å². The molecule has 1 fully saturated rings. The Kier molecular flexibility index (Phi) is 5.11. The summed E-state index contributed by atoms with van der Waals surface area (Å²) in [6.07, 6.45) is -0.289. The SMILES string of the molecule is COCc1ccc(C(=O)N2CC(CO)OCC2C)cc1. The maximum atomic E-state index is 12.5. The Hall–Kier alpha value is -1.43. The highest BCUT2D eigenvalue weighted by Gasteiger charge is 2.29. The van der Waals surface area contributed by atoms with Crippen LogP contribution in [0.2, 0.25) is 0 Å². The van der Waals surface area contributed by atoms with E-state index in [-0.39, 0.29) is 24.7 Å². The summed E-state index contributed by atoms with van der Waals surface area (Å²) in [6.45, 7) is 3.30. The van der Waals surface area contributed by atoms with Crippen LogP contribution < -0.4 is 0 Å². The summed E-state index contributed by atoms with van der Waals surface area (Å²) in [7, 11) is 1.64. The summed E-state index contributed by atoms with van der Waals surface area (Å²) in [4.78, 5) is 14.3. The molecule has 0 saturated carbocycles. The van der Waals surface area contributed by atoms with E-state index in [1.807, 2.05) is 31.2 Å². The summed E-state index contributed by atoms with van der Waals surface area (Å²) in [5, 5.41) is 9.17. The standard InChI is InChI=1S/C15H21NO4/c1-11-9-20-14(8-17)7-16(11)15(18)13-5-3-12(4-6-13)10-19-2/h3-6,11,14,17H,7-10H2,1-2H3. The minimum atomic E-state index is -0.289. The molecule has 1 aromatic rings. The Morgan fingerprint density at radius 2 is 2.15 bits per heavy atom. The second-order valence-corrected chi connectivity index (χ2v) is 5.07. The fourth-order valence-electron chi connectivity index (χ4n) is 2.29. The summed E-state index contributed by atoms with van der Waals surface area (Å²) in [6, 6.07) is 7.43. The Labute approximate surface area is 119 Å². The quantitative estimate of drug-likeness (QED) is 0.895.